The number of methoxy groups -OCH3 is 1. The van der Waals surface area contributed by atoms with E-state index in [2.05, 4.69) is 9.88 Å². The van der Waals surface area contributed by atoms with E-state index < -0.39 is 0 Å². The van der Waals surface area contributed by atoms with Gasteiger partial charge in [0.25, 0.3) is 0 Å². The summed E-state index contributed by atoms with van der Waals surface area (Å²) in [6, 6.07) is 3.80. The Balaban J connectivity index is 2.47. The second kappa shape index (κ2) is 5.83. The lowest BCUT2D eigenvalue weighted by atomic mass is 10.3. The number of ether oxygens (including phenoxy) is 1. The van der Waals surface area contributed by atoms with Crippen LogP contribution in [0.3, 0.4) is 0 Å². The molecule has 4 heteroatoms. The molecule has 1 aromatic rings. The largest absolute Gasteiger partial charge is 0.385 e. The van der Waals surface area contributed by atoms with E-state index in [0.29, 0.717) is 5.15 Å². The molecule has 0 spiro atoms. The molecule has 0 saturated heterocycles. The van der Waals surface area contributed by atoms with Gasteiger partial charge >= 0.3 is 0 Å². The molecule has 0 unspecified atom stereocenters. The number of aromatic nitrogens is 1. The Labute approximate surface area is 89.7 Å². The van der Waals surface area contributed by atoms with Crippen molar-refractivity contribution in [2.24, 2.45) is 0 Å². The van der Waals surface area contributed by atoms with Crippen molar-refractivity contribution in [1.29, 1.82) is 0 Å². The highest BCUT2D eigenvalue weighted by atomic mass is 35.5. The van der Waals surface area contributed by atoms with Crippen LogP contribution < -0.4 is 4.90 Å². The lowest BCUT2D eigenvalue weighted by Gasteiger charge is -2.18. The zero-order valence-electron chi connectivity index (χ0n) is 8.53. The van der Waals surface area contributed by atoms with Crippen LogP contribution in [-0.4, -0.2) is 32.3 Å². The van der Waals surface area contributed by atoms with E-state index in [4.69, 9.17) is 16.3 Å². The van der Waals surface area contributed by atoms with Crippen LogP contribution in [0.25, 0.3) is 0 Å². The molecule has 0 amide bonds. The summed E-state index contributed by atoms with van der Waals surface area (Å²) in [6.45, 7) is 1.73. The molecule has 0 saturated carbocycles. The first-order valence-corrected chi connectivity index (χ1v) is 4.93. The van der Waals surface area contributed by atoms with Crippen LogP contribution in [0.2, 0.25) is 5.15 Å². The van der Waals surface area contributed by atoms with Gasteiger partial charge in [-0.3, -0.25) is 0 Å². The van der Waals surface area contributed by atoms with Crippen LogP contribution in [0.4, 0.5) is 5.69 Å². The number of anilines is 1. The third-order valence-corrected chi connectivity index (χ3v) is 2.20. The maximum atomic E-state index is 5.79. The molecule has 3 nitrogen and oxygen atoms in total. The molecule has 1 heterocycles. The van der Waals surface area contributed by atoms with Gasteiger partial charge in [-0.2, -0.15) is 0 Å². The number of hydrogen-bond acceptors (Lipinski definition) is 3. The molecule has 0 aromatic carbocycles. The normalized spacial score (nSPS) is 10.2. The van der Waals surface area contributed by atoms with E-state index in [1.54, 1.807) is 13.3 Å². The van der Waals surface area contributed by atoms with Gasteiger partial charge in [-0.1, -0.05) is 11.6 Å². The maximum Gasteiger partial charge on any atom is 0.131 e. The quantitative estimate of drug-likeness (QED) is 0.555. The third-order valence-electron chi connectivity index (χ3n) is 1.99. The Bertz CT molecular complexity index is 281. The van der Waals surface area contributed by atoms with Gasteiger partial charge in [0.15, 0.2) is 0 Å². The van der Waals surface area contributed by atoms with Gasteiger partial charge in [0.1, 0.15) is 5.15 Å². The molecular weight excluding hydrogens is 200 g/mol. The van der Waals surface area contributed by atoms with Crippen LogP contribution in [0, 0.1) is 0 Å². The highest BCUT2D eigenvalue weighted by Gasteiger charge is 2.00. The van der Waals surface area contributed by atoms with Crippen molar-refractivity contribution in [3.63, 3.8) is 0 Å². The van der Waals surface area contributed by atoms with Crippen molar-refractivity contribution >= 4 is 17.3 Å². The molecule has 0 bridgehead atoms. The zero-order valence-corrected chi connectivity index (χ0v) is 9.29. The van der Waals surface area contributed by atoms with Crippen LogP contribution in [0.5, 0.6) is 0 Å². The number of halogens is 1. The lowest BCUT2D eigenvalue weighted by molar-refractivity contribution is 0.196. The van der Waals surface area contributed by atoms with E-state index >= 15 is 0 Å². The minimum absolute atomic E-state index is 0.529. The molecule has 0 radical (unpaired) electrons. The van der Waals surface area contributed by atoms with Crippen LogP contribution in [0.15, 0.2) is 18.3 Å². The van der Waals surface area contributed by atoms with Crippen molar-refractivity contribution in [3.8, 4) is 0 Å². The highest BCUT2D eigenvalue weighted by molar-refractivity contribution is 6.29. The first kappa shape index (κ1) is 11.3. The lowest BCUT2D eigenvalue weighted by Crippen LogP contribution is -2.19. The summed E-state index contributed by atoms with van der Waals surface area (Å²) in [5.74, 6) is 0. The molecule has 1 rings (SSSR count). The minimum Gasteiger partial charge on any atom is -0.385 e. The maximum absolute atomic E-state index is 5.79. The van der Waals surface area contributed by atoms with Gasteiger partial charge in [0.05, 0.1) is 0 Å². The Morgan fingerprint density at radius 2 is 2.36 bits per heavy atom. The highest BCUT2D eigenvalue weighted by Crippen LogP contribution is 2.15. The molecule has 14 heavy (non-hydrogen) atoms. The first-order valence-electron chi connectivity index (χ1n) is 4.55. The Morgan fingerprint density at radius 1 is 1.57 bits per heavy atom. The molecule has 0 fully saturated rings. The summed E-state index contributed by atoms with van der Waals surface area (Å²) in [7, 11) is 3.74. The first-order chi connectivity index (χ1) is 6.74. The van der Waals surface area contributed by atoms with E-state index in [0.717, 1.165) is 25.3 Å². The van der Waals surface area contributed by atoms with Gasteiger partial charge < -0.3 is 9.64 Å². The number of hydrogen-bond donors (Lipinski definition) is 0. The SMILES string of the molecule is COCCCN(C)c1ccnc(Cl)c1. The fraction of sp³-hybridized carbons (Fsp3) is 0.500. The molecule has 0 aliphatic rings. The van der Waals surface area contributed by atoms with Crippen molar-refractivity contribution in [3.05, 3.63) is 23.5 Å². The molecule has 0 aliphatic carbocycles. The molecule has 0 aliphatic heterocycles. The minimum atomic E-state index is 0.529. The summed E-state index contributed by atoms with van der Waals surface area (Å²) >= 11 is 5.79. The van der Waals surface area contributed by atoms with Crippen LogP contribution in [0.1, 0.15) is 6.42 Å². The molecule has 1 aromatic heterocycles. The van der Waals surface area contributed by atoms with E-state index in [-0.39, 0.29) is 0 Å². The monoisotopic (exact) mass is 214 g/mol. The standard InChI is InChI=1S/C10H15ClN2O/c1-13(6-3-7-14-2)9-4-5-12-10(11)8-9/h4-5,8H,3,6-7H2,1-2H3. The number of nitrogens with zero attached hydrogens (tertiary/aromatic N) is 2. The Morgan fingerprint density at radius 3 is 3.00 bits per heavy atom. The summed E-state index contributed by atoms with van der Waals surface area (Å²) < 4.78 is 4.99. The third kappa shape index (κ3) is 3.52. The van der Waals surface area contributed by atoms with Crippen molar-refractivity contribution in [1.82, 2.24) is 4.98 Å². The van der Waals surface area contributed by atoms with Gasteiger partial charge in [0, 0.05) is 39.2 Å². The average molecular weight is 215 g/mol. The average Bonchev–Trinajstić information content (AvgIpc) is 2.18. The fourth-order valence-corrected chi connectivity index (χ4v) is 1.37. The Hall–Kier alpha value is -0.800. The van der Waals surface area contributed by atoms with Crippen molar-refractivity contribution in [2.45, 2.75) is 6.42 Å². The zero-order chi connectivity index (χ0) is 10.4. The number of pyridine rings is 1. The molecular formula is C10H15ClN2O. The van der Waals surface area contributed by atoms with Gasteiger partial charge in [-0.05, 0) is 18.6 Å². The smallest absolute Gasteiger partial charge is 0.131 e. The van der Waals surface area contributed by atoms with Crippen LogP contribution in [-0.2, 0) is 4.74 Å². The number of rotatable bonds is 5. The predicted molar refractivity (Wildman–Crippen MR) is 59.0 cm³/mol. The van der Waals surface area contributed by atoms with Crippen molar-refractivity contribution in [2.75, 3.05) is 32.2 Å². The summed E-state index contributed by atoms with van der Waals surface area (Å²) in [5.41, 5.74) is 1.08. The fourth-order valence-electron chi connectivity index (χ4n) is 1.20. The van der Waals surface area contributed by atoms with Gasteiger partial charge in [-0.25, -0.2) is 4.98 Å². The van der Waals surface area contributed by atoms with E-state index in [9.17, 15) is 0 Å². The van der Waals surface area contributed by atoms with Crippen molar-refractivity contribution < 1.29 is 4.74 Å². The molecule has 0 atom stereocenters. The van der Waals surface area contributed by atoms with E-state index in [1.165, 1.54) is 0 Å². The van der Waals surface area contributed by atoms with Gasteiger partial charge in [0.2, 0.25) is 0 Å². The molecule has 0 N–H and O–H groups in total. The predicted octanol–water partition coefficient (Wildman–Crippen LogP) is 2.21. The second-order valence-electron chi connectivity index (χ2n) is 3.10. The topological polar surface area (TPSA) is 25.4 Å². The second-order valence-corrected chi connectivity index (χ2v) is 3.49. The summed E-state index contributed by atoms with van der Waals surface area (Å²) in [4.78, 5) is 6.06. The summed E-state index contributed by atoms with van der Waals surface area (Å²) in [6.07, 6.45) is 2.72. The van der Waals surface area contributed by atoms with E-state index in [1.807, 2.05) is 19.2 Å². The summed E-state index contributed by atoms with van der Waals surface area (Å²) in [5, 5.41) is 0.529. The van der Waals surface area contributed by atoms with Gasteiger partial charge in [-0.15, -0.1) is 0 Å². The molecule has 78 valence electrons. The Kier molecular flexibility index (Phi) is 4.70. The van der Waals surface area contributed by atoms with Crippen LogP contribution >= 0.6 is 11.6 Å².